The smallest absolute Gasteiger partial charge is 0.0240 e. The van der Waals surface area contributed by atoms with E-state index in [-0.39, 0.29) is 0 Å². The molecule has 1 atom stereocenters. The van der Waals surface area contributed by atoms with Gasteiger partial charge in [0.2, 0.25) is 0 Å². The maximum absolute atomic E-state index is 3.58. The van der Waals surface area contributed by atoms with Gasteiger partial charge in [0.05, 0.1) is 0 Å². The third-order valence-electron chi connectivity index (χ3n) is 6.29. The van der Waals surface area contributed by atoms with Gasteiger partial charge in [-0.15, -0.1) is 5.73 Å². The molecule has 0 fully saturated rings. The zero-order chi connectivity index (χ0) is 23.2. The van der Waals surface area contributed by atoms with Crippen LogP contribution in [0.25, 0.3) is 22.8 Å². The topological polar surface area (TPSA) is 0 Å². The van der Waals surface area contributed by atoms with Crippen molar-refractivity contribution in [2.75, 3.05) is 0 Å². The van der Waals surface area contributed by atoms with E-state index in [2.05, 4.69) is 134 Å². The van der Waals surface area contributed by atoms with Crippen LogP contribution in [0.4, 0.5) is 0 Å². The number of halogens is 1. The molecular formula is C32H33I. The number of hydrogen-bond acceptors (Lipinski definition) is 0. The molecule has 0 aliphatic heterocycles. The molecule has 1 heteroatoms. The molecule has 33 heavy (non-hydrogen) atoms. The number of alkyl halides is 1. The Morgan fingerprint density at radius 2 is 1.85 bits per heavy atom. The summed E-state index contributed by atoms with van der Waals surface area (Å²) in [4.78, 5) is 0. The number of fused-ring (bicyclic) bond motifs is 1. The predicted octanol–water partition coefficient (Wildman–Crippen LogP) is 9.53. The van der Waals surface area contributed by atoms with E-state index in [1.54, 1.807) is 0 Å². The van der Waals surface area contributed by atoms with Crippen molar-refractivity contribution >= 4 is 34.2 Å². The Bertz CT molecular complexity index is 1190. The van der Waals surface area contributed by atoms with Crippen molar-refractivity contribution in [3.8, 4) is 11.1 Å². The molecule has 0 radical (unpaired) electrons. The van der Waals surface area contributed by atoms with Crippen LogP contribution in [-0.4, -0.2) is 3.92 Å². The third-order valence-corrected chi connectivity index (χ3v) is 6.91. The summed E-state index contributed by atoms with van der Waals surface area (Å²) in [5.74, 6) is 0.426. The predicted molar refractivity (Wildman–Crippen MR) is 154 cm³/mol. The molecule has 168 valence electrons. The molecule has 2 aliphatic carbocycles. The quantitative estimate of drug-likeness (QED) is 0.185. The van der Waals surface area contributed by atoms with Crippen LogP contribution in [0.3, 0.4) is 0 Å². The molecule has 0 spiro atoms. The summed E-state index contributed by atoms with van der Waals surface area (Å²) < 4.78 is 0.739. The molecule has 0 N–H and O–H groups in total. The minimum absolute atomic E-state index is 0.426. The molecule has 0 amide bonds. The monoisotopic (exact) mass is 544 g/mol. The second-order valence-corrected chi connectivity index (χ2v) is 11.4. The highest BCUT2D eigenvalue weighted by atomic mass is 127. The fourth-order valence-corrected chi connectivity index (χ4v) is 4.88. The Kier molecular flexibility index (Phi) is 8.06. The van der Waals surface area contributed by atoms with E-state index in [1.165, 1.54) is 51.8 Å². The first-order valence-corrected chi connectivity index (χ1v) is 13.4. The Labute approximate surface area is 213 Å². The van der Waals surface area contributed by atoms with Crippen molar-refractivity contribution in [3.05, 3.63) is 112 Å². The van der Waals surface area contributed by atoms with Gasteiger partial charge in [0.15, 0.2) is 0 Å². The van der Waals surface area contributed by atoms with Crippen molar-refractivity contribution in [3.63, 3.8) is 0 Å². The van der Waals surface area contributed by atoms with E-state index in [4.69, 9.17) is 0 Å². The van der Waals surface area contributed by atoms with Crippen molar-refractivity contribution in [1.82, 2.24) is 0 Å². The average molecular weight is 545 g/mol. The molecule has 0 saturated carbocycles. The Hall–Kier alpha value is -2.35. The van der Waals surface area contributed by atoms with E-state index in [0.717, 1.165) is 22.3 Å². The summed E-state index contributed by atoms with van der Waals surface area (Å²) in [6.07, 6.45) is 20.1. The summed E-state index contributed by atoms with van der Waals surface area (Å²) in [7, 11) is 0. The normalized spacial score (nSPS) is 16.0. The molecule has 2 aromatic rings. The van der Waals surface area contributed by atoms with E-state index < -0.39 is 0 Å². The van der Waals surface area contributed by atoms with E-state index >= 15 is 0 Å². The largest absolute Gasteiger partial charge is 0.112 e. The lowest BCUT2D eigenvalue weighted by atomic mass is 9.88. The van der Waals surface area contributed by atoms with Crippen molar-refractivity contribution < 1.29 is 0 Å². The average Bonchev–Trinajstić information content (AvgIpc) is 3.18. The van der Waals surface area contributed by atoms with Crippen LogP contribution in [0.5, 0.6) is 0 Å². The first-order valence-electron chi connectivity index (χ1n) is 12.1. The number of aryl methyl sites for hydroxylation is 1. The summed E-state index contributed by atoms with van der Waals surface area (Å²) in [6, 6.07) is 16.0. The van der Waals surface area contributed by atoms with Crippen molar-refractivity contribution in [1.29, 1.82) is 0 Å². The molecule has 0 saturated heterocycles. The first-order chi connectivity index (χ1) is 16.0. The van der Waals surface area contributed by atoms with Gasteiger partial charge < -0.3 is 0 Å². The third kappa shape index (κ3) is 6.16. The number of allylic oxidation sites excluding steroid dienone is 9. The molecule has 4 rings (SSSR count). The highest BCUT2D eigenvalue weighted by Crippen LogP contribution is 2.35. The second kappa shape index (κ2) is 11.2. The summed E-state index contributed by atoms with van der Waals surface area (Å²) >= 11 is 2.52. The molecule has 2 aromatic carbocycles. The van der Waals surface area contributed by atoms with Crippen LogP contribution in [0.15, 0.2) is 95.8 Å². The lowest BCUT2D eigenvalue weighted by Gasteiger charge is -2.16. The molecule has 0 aromatic heterocycles. The second-order valence-electron chi connectivity index (χ2n) is 9.32. The lowest BCUT2D eigenvalue weighted by Crippen LogP contribution is -1.98. The van der Waals surface area contributed by atoms with Crippen LogP contribution < -0.4 is 0 Å². The Morgan fingerprint density at radius 3 is 2.67 bits per heavy atom. The molecule has 0 unspecified atom stereocenters. The van der Waals surface area contributed by atoms with E-state index in [1.807, 2.05) is 0 Å². The molecule has 2 aliphatic rings. The van der Waals surface area contributed by atoms with Gasteiger partial charge in [-0.05, 0) is 88.8 Å². The van der Waals surface area contributed by atoms with Crippen LogP contribution in [0.2, 0.25) is 0 Å². The highest BCUT2D eigenvalue weighted by molar-refractivity contribution is 14.1. The number of rotatable bonds is 7. The molecule has 0 heterocycles. The van der Waals surface area contributed by atoms with Gasteiger partial charge in [-0.1, -0.05) is 110 Å². The van der Waals surface area contributed by atoms with Crippen LogP contribution >= 0.6 is 22.6 Å². The fourth-order valence-electron chi connectivity index (χ4n) is 4.44. The molecular weight excluding hydrogens is 511 g/mol. The molecule has 0 bridgehead atoms. The fraction of sp³-hybridized carbons (Fsp3) is 0.281. The zero-order valence-corrected chi connectivity index (χ0v) is 22.1. The standard InChI is InChI=1S/C32H33I/c1-23(2)31-21-29(26-13-6-4-5-7-14-26)18-16-27-17-19-30(22-32(27)31)28-15-9-12-25(20-28)11-8-10-24(3)33/h4,6-7,9,12-17,19-24H,5,8,10-11H2,1-3H3/t24-/m1/s1. The van der Waals surface area contributed by atoms with Gasteiger partial charge >= 0.3 is 0 Å². The van der Waals surface area contributed by atoms with E-state index in [0.29, 0.717) is 5.92 Å². The Morgan fingerprint density at radius 1 is 1.00 bits per heavy atom. The van der Waals surface area contributed by atoms with Gasteiger partial charge in [0.1, 0.15) is 0 Å². The van der Waals surface area contributed by atoms with Gasteiger partial charge in [0.25, 0.3) is 0 Å². The highest BCUT2D eigenvalue weighted by Gasteiger charge is 2.16. The van der Waals surface area contributed by atoms with Gasteiger partial charge in [0, 0.05) is 9.50 Å². The van der Waals surface area contributed by atoms with Crippen molar-refractivity contribution in [2.24, 2.45) is 5.92 Å². The zero-order valence-electron chi connectivity index (χ0n) is 19.9. The maximum Gasteiger partial charge on any atom is 0.0240 e. The van der Waals surface area contributed by atoms with Crippen LogP contribution in [-0.2, 0) is 6.42 Å². The summed E-state index contributed by atoms with van der Waals surface area (Å²) in [5, 5.41) is 0. The lowest BCUT2D eigenvalue weighted by molar-refractivity contribution is 0.744. The minimum atomic E-state index is 0.426. The van der Waals surface area contributed by atoms with Crippen LogP contribution in [0, 0.1) is 5.92 Å². The van der Waals surface area contributed by atoms with Crippen molar-refractivity contribution in [2.45, 2.75) is 50.4 Å². The SMILES string of the molecule is CC(C)C1=CC(C2=CC=CCC=C2)=C=Cc2ccc(-c3cccc(CCC[C@@H](C)I)c3)cc21. The minimum Gasteiger partial charge on any atom is -0.112 e. The van der Waals surface area contributed by atoms with Gasteiger partial charge in [-0.2, -0.15) is 0 Å². The number of hydrogen-bond donors (Lipinski definition) is 0. The summed E-state index contributed by atoms with van der Waals surface area (Å²) in [6.45, 7) is 6.87. The first kappa shape index (κ1) is 23.8. The van der Waals surface area contributed by atoms with Crippen LogP contribution in [0.1, 0.15) is 56.7 Å². The van der Waals surface area contributed by atoms with E-state index in [9.17, 15) is 0 Å². The maximum atomic E-state index is 3.58. The molecule has 0 nitrogen and oxygen atoms in total. The Balaban J connectivity index is 1.68. The number of benzene rings is 2. The van der Waals surface area contributed by atoms with Gasteiger partial charge in [-0.25, -0.2) is 0 Å². The van der Waals surface area contributed by atoms with Gasteiger partial charge in [-0.3, -0.25) is 0 Å². The summed E-state index contributed by atoms with van der Waals surface area (Å²) in [5.41, 5.74) is 13.9.